The van der Waals surface area contributed by atoms with Crippen molar-refractivity contribution < 1.29 is 0 Å². The first-order chi connectivity index (χ1) is 9.83. The maximum absolute atomic E-state index is 5.91. The summed E-state index contributed by atoms with van der Waals surface area (Å²) in [7, 11) is 0. The average Bonchev–Trinajstić information content (AvgIpc) is 2.92. The molecular formula is C15H9ClN4. The molecular weight excluding hydrogens is 272 g/mol. The minimum Gasteiger partial charge on any atom is -0.192 e. The van der Waals surface area contributed by atoms with Crippen LogP contribution in [0, 0.1) is 0 Å². The van der Waals surface area contributed by atoms with Crippen molar-refractivity contribution in [1.82, 2.24) is 19.8 Å². The van der Waals surface area contributed by atoms with Gasteiger partial charge >= 0.3 is 0 Å². The lowest BCUT2D eigenvalue weighted by Crippen LogP contribution is -1.95. The first kappa shape index (κ1) is 11.4. The Morgan fingerprint density at radius 2 is 1.70 bits per heavy atom. The van der Waals surface area contributed by atoms with Crippen molar-refractivity contribution >= 4 is 28.0 Å². The fourth-order valence-corrected chi connectivity index (χ4v) is 2.40. The van der Waals surface area contributed by atoms with Gasteiger partial charge in [0.25, 0.3) is 0 Å². The molecule has 4 aromatic rings. The molecule has 0 amide bonds. The van der Waals surface area contributed by atoms with Crippen LogP contribution in [0.4, 0.5) is 0 Å². The van der Waals surface area contributed by atoms with Crippen molar-refractivity contribution in [3.63, 3.8) is 0 Å². The van der Waals surface area contributed by atoms with Crippen molar-refractivity contribution in [1.29, 1.82) is 0 Å². The molecule has 2 aromatic carbocycles. The van der Waals surface area contributed by atoms with E-state index in [1.807, 2.05) is 54.7 Å². The summed E-state index contributed by atoms with van der Waals surface area (Å²) in [4.78, 5) is 0. The van der Waals surface area contributed by atoms with Gasteiger partial charge in [-0.1, -0.05) is 35.9 Å². The van der Waals surface area contributed by atoms with Gasteiger partial charge in [0, 0.05) is 21.4 Å². The topological polar surface area (TPSA) is 43.1 Å². The first-order valence-electron chi connectivity index (χ1n) is 6.18. The lowest BCUT2D eigenvalue weighted by molar-refractivity contribution is 0.946. The predicted octanol–water partition coefficient (Wildman–Crippen LogP) is 3.60. The van der Waals surface area contributed by atoms with Gasteiger partial charge in [0.1, 0.15) is 0 Å². The molecule has 0 atom stereocenters. The van der Waals surface area contributed by atoms with E-state index in [0.29, 0.717) is 10.8 Å². The Labute approximate surface area is 119 Å². The van der Waals surface area contributed by atoms with Gasteiger partial charge in [0.15, 0.2) is 11.5 Å². The molecule has 0 saturated carbocycles. The minimum absolute atomic E-state index is 0.695. The van der Waals surface area contributed by atoms with Crippen LogP contribution < -0.4 is 0 Å². The van der Waals surface area contributed by atoms with Crippen molar-refractivity contribution in [3.8, 4) is 11.4 Å². The highest BCUT2D eigenvalue weighted by atomic mass is 35.5. The number of nitrogens with zero attached hydrogens (tertiary/aromatic N) is 4. The maximum atomic E-state index is 5.91. The predicted molar refractivity (Wildman–Crippen MR) is 78.7 cm³/mol. The lowest BCUT2D eigenvalue weighted by atomic mass is 10.2. The lowest BCUT2D eigenvalue weighted by Gasteiger charge is -2.01. The third-order valence-corrected chi connectivity index (χ3v) is 3.51. The molecule has 0 aliphatic carbocycles. The molecule has 0 aliphatic heterocycles. The van der Waals surface area contributed by atoms with Crippen LogP contribution in [-0.4, -0.2) is 19.8 Å². The van der Waals surface area contributed by atoms with Crippen LogP contribution in [0.25, 0.3) is 27.8 Å². The summed E-state index contributed by atoms with van der Waals surface area (Å²) in [5, 5.41) is 15.7. The van der Waals surface area contributed by atoms with Gasteiger partial charge < -0.3 is 0 Å². The standard InChI is InChI=1S/C15H9ClN4/c16-12-7-5-10(6-8-12)14-18-19-15-13-4-2-1-3-11(13)9-17-20(14)15/h1-9H. The second kappa shape index (κ2) is 4.28. The van der Waals surface area contributed by atoms with Gasteiger partial charge in [-0.3, -0.25) is 0 Å². The van der Waals surface area contributed by atoms with Crippen molar-refractivity contribution in [2.75, 3.05) is 0 Å². The van der Waals surface area contributed by atoms with Gasteiger partial charge in [-0.05, 0) is 24.3 Å². The van der Waals surface area contributed by atoms with Crippen LogP contribution in [0.2, 0.25) is 5.02 Å². The molecule has 0 aliphatic rings. The van der Waals surface area contributed by atoms with Crippen LogP contribution in [0.3, 0.4) is 0 Å². The highest BCUT2D eigenvalue weighted by Crippen LogP contribution is 2.23. The quantitative estimate of drug-likeness (QED) is 0.535. The Kier molecular flexibility index (Phi) is 2.44. The molecule has 0 unspecified atom stereocenters. The van der Waals surface area contributed by atoms with Gasteiger partial charge in [-0.2, -0.15) is 9.61 Å². The zero-order chi connectivity index (χ0) is 13.5. The van der Waals surface area contributed by atoms with Crippen molar-refractivity contribution in [2.45, 2.75) is 0 Å². The number of aromatic nitrogens is 4. The van der Waals surface area contributed by atoms with Crippen molar-refractivity contribution in [3.05, 3.63) is 59.8 Å². The van der Waals surface area contributed by atoms with Crippen LogP contribution in [0.15, 0.2) is 54.7 Å². The fraction of sp³-hybridized carbons (Fsp3) is 0. The average molecular weight is 281 g/mol. The number of hydrogen-bond acceptors (Lipinski definition) is 3. The number of benzene rings is 2. The molecule has 0 bridgehead atoms. The molecule has 5 heteroatoms. The van der Waals surface area contributed by atoms with E-state index >= 15 is 0 Å². The molecule has 0 spiro atoms. The Morgan fingerprint density at radius 1 is 0.900 bits per heavy atom. The maximum Gasteiger partial charge on any atom is 0.186 e. The summed E-state index contributed by atoms with van der Waals surface area (Å²) in [6.07, 6.45) is 1.82. The minimum atomic E-state index is 0.695. The Hall–Kier alpha value is -2.46. The molecule has 2 heterocycles. The fourth-order valence-electron chi connectivity index (χ4n) is 2.27. The summed E-state index contributed by atoms with van der Waals surface area (Å²) < 4.78 is 1.76. The van der Waals surface area contributed by atoms with E-state index in [-0.39, 0.29) is 0 Å². The molecule has 2 aromatic heterocycles. The van der Waals surface area contributed by atoms with E-state index in [9.17, 15) is 0 Å². The van der Waals surface area contributed by atoms with E-state index in [1.54, 1.807) is 4.52 Å². The Bertz CT molecular complexity index is 912. The SMILES string of the molecule is Clc1ccc(-c2nnc3c4ccccc4cnn23)cc1. The number of hydrogen-bond donors (Lipinski definition) is 0. The zero-order valence-electron chi connectivity index (χ0n) is 10.4. The van der Waals surface area contributed by atoms with Crippen LogP contribution in [0.5, 0.6) is 0 Å². The van der Waals surface area contributed by atoms with Gasteiger partial charge in [-0.15, -0.1) is 10.2 Å². The van der Waals surface area contributed by atoms with E-state index in [1.165, 1.54) is 0 Å². The third-order valence-electron chi connectivity index (χ3n) is 3.26. The largest absolute Gasteiger partial charge is 0.192 e. The highest BCUT2D eigenvalue weighted by molar-refractivity contribution is 6.30. The number of halogens is 1. The van der Waals surface area contributed by atoms with E-state index in [4.69, 9.17) is 11.6 Å². The molecule has 0 fully saturated rings. The molecule has 20 heavy (non-hydrogen) atoms. The summed E-state index contributed by atoms with van der Waals surface area (Å²) in [6, 6.07) is 15.5. The second-order valence-corrected chi connectivity index (χ2v) is 4.93. The molecule has 4 nitrogen and oxygen atoms in total. The summed E-state index contributed by atoms with van der Waals surface area (Å²) in [5.74, 6) is 0.711. The Morgan fingerprint density at radius 3 is 2.55 bits per heavy atom. The van der Waals surface area contributed by atoms with Crippen LogP contribution >= 0.6 is 11.6 Å². The second-order valence-electron chi connectivity index (χ2n) is 4.50. The van der Waals surface area contributed by atoms with E-state index < -0.39 is 0 Å². The van der Waals surface area contributed by atoms with E-state index in [0.717, 1.165) is 22.0 Å². The normalized spacial score (nSPS) is 11.2. The molecule has 0 N–H and O–H groups in total. The van der Waals surface area contributed by atoms with Crippen molar-refractivity contribution in [2.24, 2.45) is 0 Å². The van der Waals surface area contributed by atoms with Crippen LogP contribution in [-0.2, 0) is 0 Å². The smallest absolute Gasteiger partial charge is 0.186 e. The first-order valence-corrected chi connectivity index (χ1v) is 6.56. The number of rotatable bonds is 1. The molecule has 0 saturated heterocycles. The van der Waals surface area contributed by atoms with E-state index in [2.05, 4.69) is 15.3 Å². The molecule has 4 rings (SSSR count). The monoisotopic (exact) mass is 280 g/mol. The number of fused-ring (bicyclic) bond motifs is 3. The summed E-state index contributed by atoms with van der Waals surface area (Å²) in [5.41, 5.74) is 1.69. The Balaban J connectivity index is 2.02. The van der Waals surface area contributed by atoms with Gasteiger partial charge in [0.2, 0.25) is 0 Å². The highest BCUT2D eigenvalue weighted by Gasteiger charge is 2.11. The summed E-state index contributed by atoms with van der Waals surface area (Å²) >= 11 is 5.91. The van der Waals surface area contributed by atoms with Gasteiger partial charge in [-0.25, -0.2) is 0 Å². The molecule has 0 radical (unpaired) electrons. The summed E-state index contributed by atoms with van der Waals surface area (Å²) in [6.45, 7) is 0. The zero-order valence-corrected chi connectivity index (χ0v) is 11.1. The van der Waals surface area contributed by atoms with Gasteiger partial charge in [0.05, 0.1) is 6.20 Å². The van der Waals surface area contributed by atoms with Crippen LogP contribution in [0.1, 0.15) is 0 Å². The molecule has 96 valence electrons. The third kappa shape index (κ3) is 1.66.